The molecule has 1 N–H and O–H groups in total. The van der Waals surface area contributed by atoms with Gasteiger partial charge < -0.3 is 14.5 Å². The number of carbonyl (C=O) groups excluding carboxylic acids is 2. The van der Waals surface area contributed by atoms with Gasteiger partial charge in [-0.05, 0) is 83.2 Å². The summed E-state index contributed by atoms with van der Waals surface area (Å²) in [5.74, 6) is -1.55. The molecule has 1 aliphatic rings. The number of esters is 2. The highest BCUT2D eigenvalue weighted by atomic mass is 19.4. The smallest absolute Gasteiger partial charge is 0.422 e. The summed E-state index contributed by atoms with van der Waals surface area (Å²) in [5, 5.41) is 0. The van der Waals surface area contributed by atoms with E-state index in [9.17, 15) is 22.8 Å². The summed E-state index contributed by atoms with van der Waals surface area (Å²) in [6.07, 6.45) is -4.64. The van der Waals surface area contributed by atoms with E-state index in [1.165, 1.54) is 0 Å². The minimum Gasteiger partial charge on any atom is -0.462 e. The Hall–Kier alpha value is -3.62. The van der Waals surface area contributed by atoms with Crippen LogP contribution in [0.4, 0.5) is 13.2 Å². The monoisotopic (exact) mass is 516 g/mol. The number of hydrogen-bond donors (Lipinski definition) is 1. The number of H-pyrrole nitrogens is 1. The number of hydrogen-bond acceptors (Lipinski definition) is 5. The average molecular weight is 517 g/mol. The first-order valence-electron chi connectivity index (χ1n) is 11.9. The van der Waals surface area contributed by atoms with Crippen LogP contribution in [0.2, 0.25) is 0 Å². The van der Waals surface area contributed by atoms with E-state index >= 15 is 0 Å². The Balaban J connectivity index is 2.34. The molecule has 1 aliphatic heterocycles. The molecule has 1 aromatic carbocycles. The summed E-state index contributed by atoms with van der Waals surface area (Å²) in [7, 11) is 0. The standard InChI is InChI=1S/C28H31F3N2O4/c1-9-36-26(34)21-16(5)24(32-18(21)7)23(20-14(3)10-13(2)11-15(20)4)25-17(6)22(19(8)33-25)27(35)37-12-28(29,30)31/h10-11,32H,9,12H2,1-8H3/b25-23-. The lowest BCUT2D eigenvalue weighted by atomic mass is 9.87. The predicted molar refractivity (Wildman–Crippen MR) is 136 cm³/mol. The minimum absolute atomic E-state index is 0.00860. The normalized spacial score (nSPS) is 15.2. The summed E-state index contributed by atoms with van der Waals surface area (Å²) < 4.78 is 47.9. The maximum absolute atomic E-state index is 12.7. The largest absolute Gasteiger partial charge is 0.462 e. The fourth-order valence-corrected chi connectivity index (χ4v) is 4.91. The van der Waals surface area contributed by atoms with Crippen LogP contribution < -0.4 is 0 Å². The van der Waals surface area contributed by atoms with Crippen LogP contribution in [0.1, 0.15) is 70.3 Å². The van der Waals surface area contributed by atoms with Crippen molar-refractivity contribution in [1.82, 2.24) is 4.98 Å². The molecule has 198 valence electrons. The molecule has 0 bridgehead atoms. The van der Waals surface area contributed by atoms with E-state index in [0.29, 0.717) is 39.4 Å². The van der Waals surface area contributed by atoms with E-state index in [4.69, 9.17) is 4.74 Å². The fraction of sp³-hybridized carbons (Fsp3) is 0.393. The zero-order chi connectivity index (χ0) is 27.8. The molecule has 2 aromatic rings. The van der Waals surface area contributed by atoms with Gasteiger partial charge in [0.1, 0.15) is 0 Å². The molecule has 0 saturated carbocycles. The third-order valence-corrected chi connectivity index (χ3v) is 6.27. The number of aliphatic imine (C=N–C) groups is 1. The van der Waals surface area contributed by atoms with Crippen molar-refractivity contribution in [2.24, 2.45) is 4.99 Å². The SMILES string of the molecule is CCOC(=O)c1c(C)[nH]c(/C(=C2\N=C(C)C(C(=O)OCC(F)(F)F)=C2C)c2c(C)cc(C)cc2C)c1C. The van der Waals surface area contributed by atoms with E-state index in [2.05, 4.69) is 14.7 Å². The van der Waals surface area contributed by atoms with Gasteiger partial charge >= 0.3 is 18.1 Å². The molecule has 9 heteroatoms. The molecule has 1 aromatic heterocycles. The second-order valence-corrected chi connectivity index (χ2v) is 9.23. The highest BCUT2D eigenvalue weighted by molar-refractivity contribution is 6.22. The molecule has 3 rings (SSSR count). The summed E-state index contributed by atoms with van der Waals surface area (Å²) >= 11 is 0. The van der Waals surface area contributed by atoms with Crippen LogP contribution in [0.15, 0.2) is 34.0 Å². The lowest BCUT2D eigenvalue weighted by Crippen LogP contribution is -2.22. The molecule has 0 spiro atoms. The van der Waals surface area contributed by atoms with E-state index in [0.717, 1.165) is 22.3 Å². The third-order valence-electron chi connectivity index (χ3n) is 6.27. The van der Waals surface area contributed by atoms with Crippen molar-refractivity contribution in [3.05, 3.63) is 73.7 Å². The maximum atomic E-state index is 12.7. The number of nitrogens with one attached hydrogen (secondary N) is 1. The van der Waals surface area contributed by atoms with E-state index in [1.54, 1.807) is 34.6 Å². The van der Waals surface area contributed by atoms with Crippen LogP contribution >= 0.6 is 0 Å². The maximum Gasteiger partial charge on any atom is 0.422 e. The lowest BCUT2D eigenvalue weighted by Gasteiger charge is -2.18. The van der Waals surface area contributed by atoms with Crippen LogP contribution in [0, 0.1) is 34.6 Å². The lowest BCUT2D eigenvalue weighted by molar-refractivity contribution is -0.183. The van der Waals surface area contributed by atoms with Crippen LogP contribution in [0.25, 0.3) is 5.57 Å². The van der Waals surface area contributed by atoms with Gasteiger partial charge in [-0.3, -0.25) is 4.99 Å². The van der Waals surface area contributed by atoms with Gasteiger partial charge in [0.05, 0.1) is 34.8 Å². The molecule has 2 heterocycles. The number of aromatic amines is 1. The minimum atomic E-state index is -4.64. The highest BCUT2D eigenvalue weighted by Gasteiger charge is 2.34. The van der Waals surface area contributed by atoms with Crippen LogP contribution in [0.3, 0.4) is 0 Å². The summed E-state index contributed by atoms with van der Waals surface area (Å²) in [6.45, 7) is 12.9. The van der Waals surface area contributed by atoms with Gasteiger partial charge in [0.2, 0.25) is 0 Å². The number of ether oxygens (including phenoxy) is 2. The van der Waals surface area contributed by atoms with Crippen molar-refractivity contribution < 1.29 is 32.2 Å². The van der Waals surface area contributed by atoms with Gasteiger partial charge in [0.25, 0.3) is 0 Å². The van der Waals surface area contributed by atoms with Crippen molar-refractivity contribution in [3.8, 4) is 0 Å². The van der Waals surface area contributed by atoms with Crippen molar-refractivity contribution in [2.45, 2.75) is 61.6 Å². The van der Waals surface area contributed by atoms with E-state index in [-0.39, 0.29) is 17.9 Å². The zero-order valence-electron chi connectivity index (χ0n) is 22.3. The van der Waals surface area contributed by atoms with Crippen LogP contribution in [-0.4, -0.2) is 42.0 Å². The first-order valence-corrected chi connectivity index (χ1v) is 11.9. The first-order chi connectivity index (χ1) is 17.2. The number of alkyl halides is 3. The molecular weight excluding hydrogens is 485 g/mol. The van der Waals surface area contributed by atoms with Crippen molar-refractivity contribution in [1.29, 1.82) is 0 Å². The second-order valence-electron chi connectivity index (χ2n) is 9.23. The van der Waals surface area contributed by atoms with E-state index < -0.39 is 24.7 Å². The number of rotatable bonds is 6. The van der Waals surface area contributed by atoms with Gasteiger partial charge in [0.15, 0.2) is 6.61 Å². The topological polar surface area (TPSA) is 80.8 Å². The van der Waals surface area contributed by atoms with E-state index in [1.807, 2.05) is 32.9 Å². The Morgan fingerprint density at radius 2 is 1.51 bits per heavy atom. The predicted octanol–water partition coefficient (Wildman–Crippen LogP) is 6.39. The second kappa shape index (κ2) is 10.4. The summed E-state index contributed by atoms with van der Waals surface area (Å²) in [4.78, 5) is 33.3. The molecule has 6 nitrogen and oxygen atoms in total. The van der Waals surface area contributed by atoms with Crippen LogP contribution in [0.5, 0.6) is 0 Å². The number of carbonyl (C=O) groups is 2. The van der Waals surface area contributed by atoms with Gasteiger partial charge in [-0.15, -0.1) is 0 Å². The van der Waals surface area contributed by atoms with Gasteiger partial charge in [-0.1, -0.05) is 17.7 Å². The molecule has 0 aliphatic carbocycles. The number of allylic oxidation sites excluding steroid dienone is 1. The Morgan fingerprint density at radius 1 is 0.919 bits per heavy atom. The number of nitrogens with zero attached hydrogens (tertiary/aromatic N) is 1. The summed E-state index contributed by atoms with van der Waals surface area (Å²) in [6, 6.07) is 4.03. The van der Waals surface area contributed by atoms with Gasteiger partial charge in [0, 0.05) is 11.3 Å². The Kier molecular flexibility index (Phi) is 7.86. The molecular formula is C28H31F3N2O4. The Labute approximate surface area is 214 Å². The molecule has 0 atom stereocenters. The number of aryl methyl sites for hydroxylation is 4. The average Bonchev–Trinajstić information content (AvgIpc) is 3.22. The van der Waals surface area contributed by atoms with Crippen molar-refractivity contribution >= 4 is 23.2 Å². The fourth-order valence-electron chi connectivity index (χ4n) is 4.91. The first kappa shape index (κ1) is 28.0. The Bertz CT molecular complexity index is 1350. The molecule has 0 unspecified atom stereocenters. The molecule has 0 saturated heterocycles. The van der Waals surface area contributed by atoms with Crippen molar-refractivity contribution in [3.63, 3.8) is 0 Å². The molecule has 0 fully saturated rings. The number of benzene rings is 1. The molecule has 0 radical (unpaired) electrons. The van der Waals surface area contributed by atoms with Gasteiger partial charge in [-0.25, -0.2) is 9.59 Å². The van der Waals surface area contributed by atoms with Crippen molar-refractivity contribution in [2.75, 3.05) is 13.2 Å². The highest BCUT2D eigenvalue weighted by Crippen LogP contribution is 2.41. The van der Waals surface area contributed by atoms with Crippen LogP contribution in [-0.2, 0) is 14.3 Å². The van der Waals surface area contributed by atoms with Gasteiger partial charge in [-0.2, -0.15) is 13.2 Å². The number of halogens is 3. The Morgan fingerprint density at radius 3 is 2.05 bits per heavy atom. The number of aromatic nitrogens is 1. The molecule has 37 heavy (non-hydrogen) atoms. The quantitative estimate of drug-likeness (QED) is 0.451. The third kappa shape index (κ3) is 5.55. The summed E-state index contributed by atoms with van der Waals surface area (Å²) in [5.41, 5.74) is 7.77. The molecule has 0 amide bonds. The zero-order valence-corrected chi connectivity index (χ0v) is 22.3.